The van der Waals surface area contributed by atoms with Gasteiger partial charge in [0.25, 0.3) is 0 Å². The van der Waals surface area contributed by atoms with Crippen LogP contribution in [0.25, 0.3) is 0 Å². The van der Waals surface area contributed by atoms with Crippen molar-refractivity contribution < 1.29 is 5.11 Å². The molecule has 1 nitrogen and oxygen atoms in total. The van der Waals surface area contributed by atoms with E-state index in [0.717, 1.165) is 12.0 Å². The Hall–Kier alpha value is -0.470. The maximum atomic E-state index is 10.1. The molecule has 14 heavy (non-hydrogen) atoms. The van der Waals surface area contributed by atoms with Crippen molar-refractivity contribution >= 4 is 11.8 Å². The van der Waals surface area contributed by atoms with Crippen molar-refractivity contribution in [1.82, 2.24) is 0 Å². The summed E-state index contributed by atoms with van der Waals surface area (Å²) in [5, 5.41) is 10.1. The third kappa shape index (κ3) is 2.52. The van der Waals surface area contributed by atoms with E-state index in [1.807, 2.05) is 24.5 Å². The number of benzene rings is 1. The highest BCUT2D eigenvalue weighted by molar-refractivity contribution is 7.98. The van der Waals surface area contributed by atoms with E-state index in [-0.39, 0.29) is 6.10 Å². The van der Waals surface area contributed by atoms with Gasteiger partial charge in [0, 0.05) is 4.90 Å². The predicted molar refractivity (Wildman–Crippen MR) is 62.6 cm³/mol. The monoisotopic (exact) mass is 210 g/mol. The summed E-state index contributed by atoms with van der Waals surface area (Å²) < 4.78 is 0. The van der Waals surface area contributed by atoms with Crippen molar-refractivity contribution in [3.63, 3.8) is 0 Å². The van der Waals surface area contributed by atoms with E-state index < -0.39 is 0 Å². The topological polar surface area (TPSA) is 20.2 Å². The van der Waals surface area contributed by atoms with Crippen molar-refractivity contribution in [3.05, 3.63) is 29.8 Å². The summed E-state index contributed by atoms with van der Waals surface area (Å²) in [5.74, 6) is 0.322. The molecule has 0 bridgehead atoms. The van der Waals surface area contributed by atoms with Gasteiger partial charge in [0.15, 0.2) is 0 Å². The molecule has 2 atom stereocenters. The fourth-order valence-electron chi connectivity index (χ4n) is 1.44. The molecule has 0 spiro atoms. The zero-order valence-corrected chi connectivity index (χ0v) is 9.84. The van der Waals surface area contributed by atoms with Gasteiger partial charge in [-0.2, -0.15) is 0 Å². The molecular formula is C12H18OS. The molecule has 0 radical (unpaired) electrons. The number of aliphatic hydroxyl groups excluding tert-OH is 1. The first kappa shape index (κ1) is 11.6. The highest BCUT2D eigenvalue weighted by atomic mass is 32.2. The van der Waals surface area contributed by atoms with Gasteiger partial charge in [-0.1, -0.05) is 38.5 Å². The zero-order valence-electron chi connectivity index (χ0n) is 9.03. The number of aliphatic hydroxyl groups is 1. The van der Waals surface area contributed by atoms with Crippen molar-refractivity contribution in [2.45, 2.75) is 31.3 Å². The van der Waals surface area contributed by atoms with Crippen LogP contribution in [0.1, 0.15) is 31.9 Å². The van der Waals surface area contributed by atoms with Crippen LogP contribution < -0.4 is 0 Å². The Morgan fingerprint density at radius 1 is 1.36 bits per heavy atom. The van der Waals surface area contributed by atoms with E-state index in [1.165, 1.54) is 4.90 Å². The smallest absolute Gasteiger partial charge is 0.0826 e. The molecular weight excluding hydrogens is 192 g/mol. The molecule has 0 saturated heterocycles. The van der Waals surface area contributed by atoms with Gasteiger partial charge in [0.1, 0.15) is 0 Å². The van der Waals surface area contributed by atoms with Gasteiger partial charge in [-0.25, -0.2) is 0 Å². The minimum atomic E-state index is -0.330. The molecule has 0 aliphatic rings. The molecule has 78 valence electrons. The first-order valence-corrected chi connectivity index (χ1v) is 6.24. The molecule has 2 unspecified atom stereocenters. The molecule has 0 amide bonds. The number of hydrogen-bond acceptors (Lipinski definition) is 2. The molecule has 2 heteroatoms. The van der Waals surface area contributed by atoms with E-state index in [1.54, 1.807) is 11.8 Å². The van der Waals surface area contributed by atoms with Crippen LogP contribution in [0.3, 0.4) is 0 Å². The Bertz CT molecular complexity index is 285. The zero-order chi connectivity index (χ0) is 10.6. The van der Waals surface area contributed by atoms with E-state index >= 15 is 0 Å². The maximum Gasteiger partial charge on any atom is 0.0826 e. The lowest BCUT2D eigenvalue weighted by Gasteiger charge is -2.19. The van der Waals surface area contributed by atoms with Crippen LogP contribution >= 0.6 is 11.8 Å². The fraction of sp³-hybridized carbons (Fsp3) is 0.500. The Balaban J connectivity index is 2.93. The van der Waals surface area contributed by atoms with Gasteiger partial charge < -0.3 is 5.11 Å². The summed E-state index contributed by atoms with van der Waals surface area (Å²) >= 11 is 1.69. The molecule has 0 saturated carbocycles. The molecule has 1 N–H and O–H groups in total. The molecule has 0 aliphatic carbocycles. The van der Waals surface area contributed by atoms with Crippen LogP contribution in [0.2, 0.25) is 0 Å². The summed E-state index contributed by atoms with van der Waals surface area (Å²) in [4.78, 5) is 1.18. The summed E-state index contributed by atoms with van der Waals surface area (Å²) in [6.07, 6.45) is 2.72. The van der Waals surface area contributed by atoms with E-state index in [4.69, 9.17) is 0 Å². The normalized spacial score (nSPS) is 15.1. The molecule has 0 fully saturated rings. The average molecular weight is 210 g/mol. The lowest BCUT2D eigenvalue weighted by atomic mass is 9.95. The highest BCUT2D eigenvalue weighted by Crippen LogP contribution is 2.31. The van der Waals surface area contributed by atoms with E-state index in [0.29, 0.717) is 5.92 Å². The average Bonchev–Trinajstić information content (AvgIpc) is 2.26. The first-order valence-electron chi connectivity index (χ1n) is 5.01. The van der Waals surface area contributed by atoms with Crippen LogP contribution in [0.5, 0.6) is 0 Å². The van der Waals surface area contributed by atoms with Gasteiger partial charge in [-0.15, -0.1) is 11.8 Å². The van der Waals surface area contributed by atoms with Crippen molar-refractivity contribution in [2.24, 2.45) is 5.92 Å². The molecule has 1 rings (SSSR count). The lowest BCUT2D eigenvalue weighted by Crippen LogP contribution is -2.08. The number of thioether (sulfide) groups is 1. The minimum absolute atomic E-state index is 0.322. The van der Waals surface area contributed by atoms with Crippen molar-refractivity contribution in [1.29, 1.82) is 0 Å². The van der Waals surface area contributed by atoms with E-state index in [2.05, 4.69) is 19.9 Å². The third-order valence-corrected chi connectivity index (χ3v) is 3.45. The van der Waals surface area contributed by atoms with Crippen molar-refractivity contribution in [2.75, 3.05) is 6.26 Å². The Morgan fingerprint density at radius 2 is 2.00 bits per heavy atom. The quantitative estimate of drug-likeness (QED) is 0.768. The molecule has 1 aromatic carbocycles. The Kier molecular flexibility index (Phi) is 4.49. The maximum absolute atomic E-state index is 10.1. The van der Waals surface area contributed by atoms with Gasteiger partial charge in [0.05, 0.1) is 6.10 Å². The van der Waals surface area contributed by atoms with Crippen LogP contribution in [0.4, 0.5) is 0 Å². The van der Waals surface area contributed by atoms with Crippen LogP contribution in [0, 0.1) is 5.92 Å². The molecule has 0 heterocycles. The molecule has 0 aliphatic heterocycles. The van der Waals surface area contributed by atoms with Gasteiger partial charge in [0.2, 0.25) is 0 Å². The second kappa shape index (κ2) is 5.42. The summed E-state index contributed by atoms with van der Waals surface area (Å²) in [7, 11) is 0. The second-order valence-corrected chi connectivity index (χ2v) is 4.42. The van der Waals surface area contributed by atoms with E-state index in [9.17, 15) is 5.11 Å². The number of hydrogen-bond donors (Lipinski definition) is 1. The second-order valence-electron chi connectivity index (χ2n) is 3.57. The van der Waals surface area contributed by atoms with Gasteiger partial charge >= 0.3 is 0 Å². The lowest BCUT2D eigenvalue weighted by molar-refractivity contribution is 0.113. The summed E-state index contributed by atoms with van der Waals surface area (Å²) in [6.45, 7) is 4.19. The first-order chi connectivity index (χ1) is 6.70. The Morgan fingerprint density at radius 3 is 2.57 bits per heavy atom. The summed E-state index contributed by atoms with van der Waals surface area (Å²) in [6, 6.07) is 8.08. The van der Waals surface area contributed by atoms with Crippen LogP contribution in [0.15, 0.2) is 29.2 Å². The number of rotatable bonds is 4. The van der Waals surface area contributed by atoms with Gasteiger partial charge in [-0.05, 0) is 23.8 Å². The van der Waals surface area contributed by atoms with Crippen molar-refractivity contribution in [3.8, 4) is 0 Å². The summed E-state index contributed by atoms with van der Waals surface area (Å²) in [5.41, 5.74) is 1.06. The standard InChI is InChI=1S/C12H18OS/c1-4-9(2)12(13)10-7-5-6-8-11(10)14-3/h5-9,12-13H,4H2,1-3H3. The molecule has 1 aromatic rings. The largest absolute Gasteiger partial charge is 0.388 e. The third-order valence-electron chi connectivity index (χ3n) is 2.64. The van der Waals surface area contributed by atoms with Crippen LogP contribution in [-0.2, 0) is 0 Å². The fourth-order valence-corrected chi connectivity index (χ4v) is 2.08. The Labute approximate surface area is 90.5 Å². The minimum Gasteiger partial charge on any atom is -0.388 e. The highest BCUT2D eigenvalue weighted by Gasteiger charge is 2.16. The van der Waals surface area contributed by atoms with Crippen LogP contribution in [-0.4, -0.2) is 11.4 Å². The van der Waals surface area contributed by atoms with Gasteiger partial charge in [-0.3, -0.25) is 0 Å². The molecule has 0 aromatic heterocycles. The SMILES string of the molecule is CCC(C)C(O)c1ccccc1SC. The predicted octanol–water partition coefficient (Wildman–Crippen LogP) is 3.49.